The van der Waals surface area contributed by atoms with E-state index in [-0.39, 0.29) is 11.5 Å². The van der Waals surface area contributed by atoms with Crippen LogP contribution in [0.15, 0.2) is 406 Å². The number of hydrogen-bond donors (Lipinski definition) is 5. The summed E-state index contributed by atoms with van der Waals surface area (Å²) in [4.78, 5) is 19.8. The number of esters is 2. The maximum absolute atomic E-state index is 10.3. The molecule has 0 aromatic heterocycles. The molecule has 10 heteroatoms. The molecule has 0 saturated heterocycles. The van der Waals surface area contributed by atoms with E-state index >= 15 is 0 Å². The number of fused-ring (bicyclic) bond motifs is 11. The lowest BCUT2D eigenvalue weighted by Gasteiger charge is -2.34. The van der Waals surface area contributed by atoms with Crippen molar-refractivity contribution in [1.82, 2.24) is 0 Å². The molecule has 0 radical (unpaired) electrons. The number of rotatable bonds is 11. The second kappa shape index (κ2) is 29.9. The molecule has 0 amide bonds. The van der Waals surface area contributed by atoms with E-state index in [9.17, 15) is 19.8 Å². The summed E-state index contributed by atoms with van der Waals surface area (Å²) in [7, 11) is 0. The van der Waals surface area contributed by atoms with Gasteiger partial charge < -0.3 is 41.6 Å². The lowest BCUT2D eigenvalue weighted by atomic mass is 9.67. The molecule has 3 aliphatic carbocycles. The van der Waals surface area contributed by atoms with Crippen molar-refractivity contribution in [3.63, 3.8) is 0 Å². The van der Waals surface area contributed by atoms with E-state index in [0.29, 0.717) is 11.4 Å². The Morgan fingerprint density at radius 1 is 0.235 bits per heavy atom. The highest BCUT2D eigenvalue weighted by Gasteiger charge is 2.49. The third-order valence-electron chi connectivity index (χ3n) is 22.5. The van der Waals surface area contributed by atoms with Gasteiger partial charge in [-0.1, -0.05) is 273 Å². The lowest BCUT2D eigenvalue weighted by molar-refractivity contribution is -0.150. The fourth-order valence-electron chi connectivity index (χ4n) is 17.5. The van der Waals surface area contributed by atoms with Crippen LogP contribution < -0.4 is 26.7 Å². The highest BCUT2D eigenvalue weighted by molar-refractivity contribution is 6.05. The topological polar surface area (TPSA) is 180 Å². The van der Waals surface area contributed by atoms with Crippen LogP contribution in [0.3, 0.4) is 0 Å². The normalized spacial score (nSPS) is 13.5. The first kappa shape index (κ1) is 71.4. The van der Waals surface area contributed by atoms with Crippen LogP contribution in [0.2, 0.25) is 0 Å². The van der Waals surface area contributed by atoms with E-state index in [1.54, 1.807) is 12.1 Å². The molecule has 10 nitrogen and oxygen atoms in total. The molecule has 4 aliphatic rings. The van der Waals surface area contributed by atoms with E-state index in [2.05, 4.69) is 260 Å². The van der Waals surface area contributed by atoms with Crippen molar-refractivity contribution in [2.24, 2.45) is 0 Å². The fourth-order valence-corrected chi connectivity index (χ4v) is 17.5. The third-order valence-corrected chi connectivity index (χ3v) is 22.5. The van der Waals surface area contributed by atoms with Gasteiger partial charge in [0.15, 0.2) is 0 Å². The first-order valence-corrected chi connectivity index (χ1v) is 38.1. The van der Waals surface area contributed by atoms with E-state index < -0.39 is 28.2 Å². The first-order chi connectivity index (χ1) is 56.3. The summed E-state index contributed by atoms with van der Waals surface area (Å²) in [6.07, 6.45) is 2.17. The van der Waals surface area contributed by atoms with Crippen molar-refractivity contribution in [2.75, 3.05) is 17.2 Å². The standard InChI is InChI=1S/C58H38O2.C37H28N2O2.C6H7N.C4H2O3/c59-47-31-23-39-33-45(29-21-41(39)35-47)57(53-13-5-1-9-49(53)50-10-2-6-14-54(50)57)43-25-17-37(18-26-43)38-19-27-44(28-20-38)58(46-30-22-42-36-48(60)32-24-40(42)34-46)55-15-7-3-11-51(55)52-12-4-8-16-56(52)58;38-27-13-21-31(22-14-27)40-29-17-9-25(10-18-29)37(35-7-3-1-5-33(35)34-6-2-4-8-36(34)37)26-11-19-30(20-12-26)41-32-23-15-28(39)16-24-32;7-6-4-2-1-3-5-6;5-3-1-2-4(6)7-3/h1-36,59-60H;1-24H,38-39H2;1-5H,7H2;1-2H. The molecule has 0 atom stereocenters. The monoisotopic (exact) mass is 1490 g/mol. The van der Waals surface area contributed by atoms with Gasteiger partial charge in [-0.2, -0.15) is 0 Å². The Morgan fingerprint density at radius 2 is 0.470 bits per heavy atom. The van der Waals surface area contributed by atoms with Gasteiger partial charge in [0.2, 0.25) is 0 Å². The van der Waals surface area contributed by atoms with Gasteiger partial charge in [-0.15, -0.1) is 0 Å². The zero-order valence-corrected chi connectivity index (χ0v) is 62.4. The summed E-state index contributed by atoms with van der Waals surface area (Å²) in [6.45, 7) is 0. The molecule has 17 aromatic carbocycles. The van der Waals surface area contributed by atoms with Crippen molar-refractivity contribution in [3.8, 4) is 79.0 Å². The van der Waals surface area contributed by atoms with Gasteiger partial charge in [-0.25, -0.2) is 9.59 Å². The van der Waals surface area contributed by atoms with E-state index in [0.717, 1.165) is 84.6 Å². The summed E-state index contributed by atoms with van der Waals surface area (Å²) in [5, 5.41) is 24.8. The van der Waals surface area contributed by atoms with Crippen LogP contribution in [0, 0.1) is 0 Å². The molecule has 17 aromatic rings. The number of nitrogen functional groups attached to an aromatic ring is 3. The molecule has 552 valence electrons. The van der Waals surface area contributed by atoms with Gasteiger partial charge >= 0.3 is 11.9 Å². The number of cyclic esters (lactones) is 2. The van der Waals surface area contributed by atoms with Crippen molar-refractivity contribution in [3.05, 3.63) is 473 Å². The summed E-state index contributed by atoms with van der Waals surface area (Å²) < 4.78 is 16.2. The second-order valence-electron chi connectivity index (χ2n) is 29.0. The molecule has 115 heavy (non-hydrogen) atoms. The molecule has 0 unspecified atom stereocenters. The van der Waals surface area contributed by atoms with Gasteiger partial charge in [0.05, 0.1) is 16.2 Å². The second-order valence-corrected chi connectivity index (χ2v) is 29.0. The van der Waals surface area contributed by atoms with E-state index in [4.69, 9.17) is 26.7 Å². The number of para-hydroxylation sites is 1. The number of benzene rings is 17. The quantitative estimate of drug-likeness (QED) is 0.0475. The predicted octanol–water partition coefficient (Wildman–Crippen LogP) is 23.5. The maximum atomic E-state index is 10.3. The van der Waals surface area contributed by atoms with Gasteiger partial charge in [0, 0.05) is 29.2 Å². The number of hydrogen-bond acceptors (Lipinski definition) is 10. The number of nitrogens with two attached hydrogens (primary N) is 3. The zero-order valence-electron chi connectivity index (χ0n) is 62.4. The van der Waals surface area contributed by atoms with Crippen molar-refractivity contribution in [2.45, 2.75) is 16.2 Å². The number of carbonyl (C=O) groups excluding carboxylic acids is 2. The van der Waals surface area contributed by atoms with Crippen molar-refractivity contribution in [1.29, 1.82) is 0 Å². The third kappa shape index (κ3) is 12.9. The molecular weight excluding hydrogens is 1420 g/mol. The summed E-state index contributed by atoms with van der Waals surface area (Å²) in [6, 6.07) is 137. The highest BCUT2D eigenvalue weighted by Crippen LogP contribution is 2.60. The first-order valence-electron chi connectivity index (χ1n) is 38.1. The van der Waals surface area contributed by atoms with Gasteiger partial charge in [0.1, 0.15) is 34.5 Å². The van der Waals surface area contributed by atoms with Crippen LogP contribution in [0.25, 0.3) is 66.1 Å². The van der Waals surface area contributed by atoms with Crippen LogP contribution in [-0.4, -0.2) is 22.2 Å². The van der Waals surface area contributed by atoms with Crippen molar-refractivity contribution >= 4 is 50.5 Å². The molecule has 0 fully saturated rings. The van der Waals surface area contributed by atoms with Gasteiger partial charge in [-0.05, 0) is 254 Å². The Hall–Kier alpha value is -15.3. The summed E-state index contributed by atoms with van der Waals surface area (Å²) in [5.74, 6) is 2.41. The number of phenols is 2. The van der Waals surface area contributed by atoms with Gasteiger partial charge in [-0.3, -0.25) is 0 Å². The number of phenolic OH excluding ortho intramolecular Hbond substituents is 2. The molecule has 8 N–H and O–H groups in total. The largest absolute Gasteiger partial charge is 0.508 e. The van der Waals surface area contributed by atoms with Crippen LogP contribution in [0.5, 0.6) is 34.5 Å². The number of aromatic hydroxyl groups is 2. The van der Waals surface area contributed by atoms with E-state index in [1.807, 2.05) is 127 Å². The van der Waals surface area contributed by atoms with Crippen molar-refractivity contribution < 1.29 is 34.0 Å². The van der Waals surface area contributed by atoms with E-state index in [1.165, 1.54) is 89.0 Å². The van der Waals surface area contributed by atoms with Crippen LogP contribution >= 0.6 is 0 Å². The Bertz CT molecular complexity index is 6110. The summed E-state index contributed by atoms with van der Waals surface area (Å²) >= 11 is 0. The lowest BCUT2D eigenvalue weighted by Crippen LogP contribution is -2.28. The average Bonchev–Trinajstić information content (AvgIpc) is 1.56. The Balaban J connectivity index is 0.000000143. The minimum absolute atomic E-state index is 0.272. The molecule has 0 bridgehead atoms. The minimum Gasteiger partial charge on any atom is -0.508 e. The Kier molecular flexibility index (Phi) is 18.5. The molecule has 0 spiro atoms. The van der Waals surface area contributed by atoms with Crippen LogP contribution in [0.4, 0.5) is 17.1 Å². The summed E-state index contributed by atoms with van der Waals surface area (Å²) in [5.41, 5.74) is 42.2. The number of ether oxygens (including phenoxy) is 3. The molecule has 0 saturated carbocycles. The SMILES string of the molecule is Nc1ccc(Oc2ccc(C3(c4ccc(Oc5ccc(N)cc5)cc4)c4ccccc4-c4ccccc43)cc2)cc1.Nc1ccccc1.O=C1C=CC(=O)O1.Oc1ccc2cc(C3(c4ccc(-c5ccc(C6(c7ccc8cc(O)ccc8c7)c7ccccc7-c7ccccc76)cc5)cc4)c4ccccc4-c4ccccc43)ccc2c1. The molecule has 1 heterocycles. The molecule has 1 aliphatic heterocycles. The fraction of sp³-hybridized carbons (Fsp3) is 0.0286. The Labute approximate surface area is 666 Å². The Morgan fingerprint density at radius 3 is 0.748 bits per heavy atom. The molecule has 21 rings (SSSR count). The number of anilines is 3. The smallest absolute Gasteiger partial charge is 0.338 e. The maximum Gasteiger partial charge on any atom is 0.338 e. The van der Waals surface area contributed by atoms with Crippen LogP contribution in [0.1, 0.15) is 66.8 Å². The number of carbonyl (C=O) groups is 2. The zero-order chi connectivity index (χ0) is 78.2. The van der Waals surface area contributed by atoms with Gasteiger partial charge in [0.25, 0.3) is 0 Å². The minimum atomic E-state index is -0.579. The molecular formula is C105H75N3O7. The highest BCUT2D eigenvalue weighted by atomic mass is 16.6. The predicted molar refractivity (Wildman–Crippen MR) is 462 cm³/mol. The van der Waals surface area contributed by atoms with Crippen LogP contribution in [-0.2, 0) is 30.6 Å². The average molecular weight is 1490 g/mol.